The third-order valence-electron chi connectivity index (χ3n) is 7.61. The van der Waals surface area contributed by atoms with Crippen molar-refractivity contribution in [3.8, 4) is 0 Å². The van der Waals surface area contributed by atoms with Crippen LogP contribution in [0.15, 0.2) is 42.5 Å². The van der Waals surface area contributed by atoms with Gasteiger partial charge in [-0.05, 0) is 48.4 Å². The number of benzene rings is 2. The minimum absolute atomic E-state index is 0.0246. The van der Waals surface area contributed by atoms with E-state index < -0.39 is 24.0 Å². The first kappa shape index (κ1) is 27.6. The van der Waals surface area contributed by atoms with Crippen LogP contribution in [0.5, 0.6) is 0 Å². The van der Waals surface area contributed by atoms with Crippen LogP contribution in [0, 0.1) is 5.92 Å². The predicted molar refractivity (Wildman–Crippen MR) is 141 cm³/mol. The van der Waals surface area contributed by atoms with Crippen molar-refractivity contribution in [2.24, 2.45) is 17.4 Å². The lowest BCUT2D eigenvalue weighted by Gasteiger charge is -2.41. The summed E-state index contributed by atoms with van der Waals surface area (Å²) >= 11 is 0. The summed E-state index contributed by atoms with van der Waals surface area (Å²) in [5.41, 5.74) is 12.8. The van der Waals surface area contributed by atoms with Gasteiger partial charge in [0.1, 0.15) is 12.2 Å². The standard InChI is InChI=1S/C28H40N4O4/c1-4-19(5-2)28(35)31-14-8-11-25(31)32(18-33)26(27(30)34)24(16-23(17-29)36-3)22-13-12-20-9-6-7-10-21(20)15-22/h6-7,9-10,12-13,15,18-19,23-26H,4-5,8,11,14,16-17,29H2,1-3H3,(H2,30,34). The second-order valence-electron chi connectivity index (χ2n) is 9.61. The lowest BCUT2D eigenvalue weighted by atomic mass is 9.84. The second kappa shape index (κ2) is 12.8. The topological polar surface area (TPSA) is 119 Å². The van der Waals surface area contributed by atoms with Crippen molar-refractivity contribution < 1.29 is 19.1 Å². The zero-order valence-electron chi connectivity index (χ0n) is 21.6. The number of rotatable bonds is 13. The van der Waals surface area contributed by atoms with Gasteiger partial charge in [0.15, 0.2) is 0 Å². The number of primary amides is 1. The zero-order chi connectivity index (χ0) is 26.2. The molecule has 3 rings (SSSR count). The maximum atomic E-state index is 13.3. The van der Waals surface area contributed by atoms with Crippen molar-refractivity contribution in [2.75, 3.05) is 20.2 Å². The van der Waals surface area contributed by atoms with E-state index in [9.17, 15) is 14.4 Å². The van der Waals surface area contributed by atoms with Crippen LogP contribution in [-0.4, -0.2) is 66.5 Å². The van der Waals surface area contributed by atoms with E-state index in [1.807, 2.05) is 56.3 Å². The summed E-state index contributed by atoms with van der Waals surface area (Å²) in [6, 6.07) is 13.0. The monoisotopic (exact) mass is 496 g/mol. The van der Waals surface area contributed by atoms with Gasteiger partial charge in [-0.15, -0.1) is 0 Å². The van der Waals surface area contributed by atoms with Crippen LogP contribution in [-0.2, 0) is 19.1 Å². The van der Waals surface area contributed by atoms with Gasteiger partial charge in [0.05, 0.1) is 6.10 Å². The van der Waals surface area contributed by atoms with Gasteiger partial charge in [0.25, 0.3) is 0 Å². The maximum Gasteiger partial charge on any atom is 0.240 e. The van der Waals surface area contributed by atoms with Crippen molar-refractivity contribution in [3.05, 3.63) is 48.0 Å². The summed E-state index contributed by atoms with van der Waals surface area (Å²) in [6.07, 6.45) is 3.04. The van der Waals surface area contributed by atoms with E-state index >= 15 is 0 Å². The first-order valence-electron chi connectivity index (χ1n) is 12.9. The van der Waals surface area contributed by atoms with E-state index in [-0.39, 0.29) is 24.5 Å². The molecular formula is C28H40N4O4. The normalized spacial score (nSPS) is 18.2. The Bertz CT molecular complexity index is 1040. The molecule has 0 saturated carbocycles. The number of hydrogen-bond acceptors (Lipinski definition) is 5. The number of nitrogens with two attached hydrogens (primary N) is 2. The number of nitrogens with zero attached hydrogens (tertiary/aromatic N) is 2. The molecule has 2 aromatic carbocycles. The molecule has 4 unspecified atom stereocenters. The molecule has 0 radical (unpaired) electrons. The number of amides is 3. The molecule has 0 bridgehead atoms. The Morgan fingerprint density at radius 3 is 2.44 bits per heavy atom. The molecule has 1 aliphatic heterocycles. The summed E-state index contributed by atoms with van der Waals surface area (Å²) in [5, 5.41) is 2.09. The summed E-state index contributed by atoms with van der Waals surface area (Å²) in [5.74, 6) is -1.17. The van der Waals surface area contributed by atoms with Gasteiger partial charge in [-0.25, -0.2) is 0 Å². The van der Waals surface area contributed by atoms with Crippen LogP contribution < -0.4 is 11.5 Å². The molecule has 36 heavy (non-hydrogen) atoms. The van der Waals surface area contributed by atoms with Crippen LogP contribution in [0.2, 0.25) is 0 Å². The van der Waals surface area contributed by atoms with E-state index in [0.717, 1.165) is 35.6 Å². The molecule has 3 amide bonds. The third-order valence-corrected chi connectivity index (χ3v) is 7.61. The number of likely N-dealkylation sites (tertiary alicyclic amines) is 1. The lowest BCUT2D eigenvalue weighted by Crippen LogP contribution is -2.57. The molecule has 196 valence electrons. The Morgan fingerprint density at radius 2 is 1.86 bits per heavy atom. The Labute approximate surface area is 213 Å². The Balaban J connectivity index is 2.06. The zero-order valence-corrected chi connectivity index (χ0v) is 21.6. The van der Waals surface area contributed by atoms with E-state index in [1.54, 1.807) is 12.0 Å². The number of carbonyl (C=O) groups excluding carboxylic acids is 3. The van der Waals surface area contributed by atoms with Crippen LogP contribution >= 0.6 is 0 Å². The lowest BCUT2D eigenvalue weighted by molar-refractivity contribution is -0.148. The highest BCUT2D eigenvalue weighted by molar-refractivity contribution is 5.86. The maximum absolute atomic E-state index is 13.3. The molecule has 1 saturated heterocycles. The van der Waals surface area contributed by atoms with E-state index in [2.05, 4.69) is 0 Å². The smallest absolute Gasteiger partial charge is 0.240 e. The molecule has 0 aliphatic carbocycles. The molecule has 8 nitrogen and oxygen atoms in total. The summed E-state index contributed by atoms with van der Waals surface area (Å²) in [6.45, 7) is 4.80. The van der Waals surface area contributed by atoms with Crippen molar-refractivity contribution >= 4 is 29.0 Å². The van der Waals surface area contributed by atoms with Crippen LogP contribution in [0.4, 0.5) is 0 Å². The highest BCUT2D eigenvalue weighted by Gasteiger charge is 2.43. The van der Waals surface area contributed by atoms with Gasteiger partial charge in [-0.1, -0.05) is 56.3 Å². The molecule has 1 heterocycles. The van der Waals surface area contributed by atoms with Crippen molar-refractivity contribution in [1.82, 2.24) is 9.80 Å². The van der Waals surface area contributed by atoms with Crippen molar-refractivity contribution in [2.45, 2.75) is 70.2 Å². The summed E-state index contributed by atoms with van der Waals surface area (Å²) < 4.78 is 5.58. The molecule has 8 heteroatoms. The van der Waals surface area contributed by atoms with Gasteiger partial charge in [-0.3, -0.25) is 14.4 Å². The number of ether oxygens (including phenoxy) is 1. The Morgan fingerprint density at radius 1 is 1.17 bits per heavy atom. The fourth-order valence-electron chi connectivity index (χ4n) is 5.52. The number of hydrogen-bond donors (Lipinski definition) is 2. The predicted octanol–water partition coefficient (Wildman–Crippen LogP) is 2.98. The van der Waals surface area contributed by atoms with Gasteiger partial charge in [0, 0.05) is 32.0 Å². The fraction of sp³-hybridized carbons (Fsp3) is 0.536. The highest BCUT2D eigenvalue weighted by atomic mass is 16.5. The van der Waals surface area contributed by atoms with E-state index in [0.29, 0.717) is 25.8 Å². The minimum atomic E-state index is -0.965. The molecule has 4 N–H and O–H groups in total. The highest BCUT2D eigenvalue weighted by Crippen LogP contribution is 2.34. The number of carbonyl (C=O) groups is 3. The molecule has 1 aliphatic rings. The fourth-order valence-corrected chi connectivity index (χ4v) is 5.52. The molecule has 4 atom stereocenters. The van der Waals surface area contributed by atoms with E-state index in [4.69, 9.17) is 16.2 Å². The molecule has 0 spiro atoms. The average molecular weight is 497 g/mol. The minimum Gasteiger partial charge on any atom is -0.380 e. The van der Waals surface area contributed by atoms with Gasteiger partial charge in [0.2, 0.25) is 18.2 Å². The largest absolute Gasteiger partial charge is 0.380 e. The van der Waals surface area contributed by atoms with Crippen LogP contribution in [0.25, 0.3) is 10.8 Å². The first-order chi connectivity index (χ1) is 17.4. The third kappa shape index (κ3) is 5.87. The average Bonchev–Trinajstić information content (AvgIpc) is 3.38. The first-order valence-corrected chi connectivity index (χ1v) is 12.9. The SMILES string of the molecule is CCC(CC)C(=O)N1CCCC1N(C=O)C(C(N)=O)C(CC(CN)OC)c1ccc2ccccc2c1. The van der Waals surface area contributed by atoms with Crippen LogP contribution in [0.3, 0.4) is 0 Å². The summed E-state index contributed by atoms with van der Waals surface area (Å²) in [4.78, 5) is 42.2. The van der Waals surface area contributed by atoms with Crippen molar-refractivity contribution in [3.63, 3.8) is 0 Å². The number of methoxy groups -OCH3 is 1. The number of fused-ring (bicyclic) bond motifs is 1. The molecule has 0 aromatic heterocycles. The Hall–Kier alpha value is -2.97. The molecule has 2 aromatic rings. The molecule has 1 fully saturated rings. The van der Waals surface area contributed by atoms with Gasteiger partial charge in [-0.2, -0.15) is 0 Å². The van der Waals surface area contributed by atoms with Gasteiger partial charge >= 0.3 is 0 Å². The quantitative estimate of drug-likeness (QED) is 0.413. The molecular weight excluding hydrogens is 456 g/mol. The van der Waals surface area contributed by atoms with Gasteiger partial charge < -0.3 is 26.0 Å². The van der Waals surface area contributed by atoms with Crippen LogP contribution in [0.1, 0.15) is 57.4 Å². The van der Waals surface area contributed by atoms with E-state index in [1.165, 1.54) is 4.90 Å². The van der Waals surface area contributed by atoms with Crippen molar-refractivity contribution in [1.29, 1.82) is 0 Å². The Kier molecular flexibility index (Phi) is 9.84. The second-order valence-corrected chi connectivity index (χ2v) is 9.61. The summed E-state index contributed by atoms with van der Waals surface area (Å²) in [7, 11) is 1.58.